The number of hydrogen-bond acceptors (Lipinski definition) is 4. The number of hydrogen-bond donors (Lipinski definition) is 1. The first-order chi connectivity index (χ1) is 4.84. The lowest BCUT2D eigenvalue weighted by Crippen LogP contribution is -1.92. The molecular weight excluding hydrogens is 154 g/mol. The van der Waals surface area contributed by atoms with Gasteiger partial charge in [-0.1, -0.05) is 16.8 Å². The first kappa shape index (κ1) is 6.95. The van der Waals surface area contributed by atoms with Gasteiger partial charge in [0.15, 0.2) is 5.17 Å². The van der Waals surface area contributed by atoms with Crippen molar-refractivity contribution in [1.29, 1.82) is 0 Å². The van der Waals surface area contributed by atoms with E-state index >= 15 is 0 Å². The Labute approximate surface area is 62.2 Å². The van der Waals surface area contributed by atoms with Crippen molar-refractivity contribution in [3.05, 3.63) is 24.0 Å². The van der Waals surface area contributed by atoms with Gasteiger partial charge in [0.1, 0.15) is 0 Å². The van der Waals surface area contributed by atoms with Gasteiger partial charge in [-0.2, -0.15) is 10.2 Å². The molecule has 1 aromatic rings. The Morgan fingerprint density at radius 3 is 2.90 bits per heavy atom. The van der Waals surface area contributed by atoms with E-state index in [1.165, 1.54) is 12.4 Å². The highest BCUT2D eigenvalue weighted by atomic mass is 35.5. The summed E-state index contributed by atoms with van der Waals surface area (Å²) >= 11 is 5.42. The van der Waals surface area contributed by atoms with Crippen LogP contribution in [0.4, 0.5) is 0 Å². The average molecular weight is 158 g/mol. The molecule has 0 aliphatic rings. The minimum atomic E-state index is 0.00917. The minimum Gasteiger partial charge on any atom is -0.410 e. The van der Waals surface area contributed by atoms with E-state index < -0.39 is 0 Å². The maximum absolute atomic E-state index is 8.20. The standard InChI is InChI=1S/C5H4ClN3O/c6-5(9-10)4-1-2-7-8-3-4/h1-3,10H. The fourth-order valence-corrected chi connectivity index (χ4v) is 0.582. The summed E-state index contributed by atoms with van der Waals surface area (Å²) in [6.45, 7) is 0. The average Bonchev–Trinajstić information content (AvgIpc) is 2.05. The smallest absolute Gasteiger partial charge is 0.177 e. The Balaban J connectivity index is 2.96. The first-order valence-corrected chi connectivity index (χ1v) is 2.87. The van der Waals surface area contributed by atoms with Gasteiger partial charge in [0, 0.05) is 5.56 Å². The van der Waals surface area contributed by atoms with Crippen LogP contribution in [-0.4, -0.2) is 20.6 Å². The fraction of sp³-hybridized carbons (Fsp3) is 0. The first-order valence-electron chi connectivity index (χ1n) is 2.49. The second-order valence-corrected chi connectivity index (χ2v) is 1.88. The molecule has 0 saturated carbocycles. The molecule has 0 spiro atoms. The molecule has 0 unspecified atom stereocenters. The van der Waals surface area contributed by atoms with Gasteiger partial charge in [-0.15, -0.1) is 0 Å². The maximum Gasteiger partial charge on any atom is 0.177 e. The Bertz CT molecular complexity index is 236. The van der Waals surface area contributed by atoms with Gasteiger partial charge < -0.3 is 5.21 Å². The molecule has 0 aromatic carbocycles. The fourth-order valence-electron chi connectivity index (χ4n) is 0.470. The molecule has 0 atom stereocenters. The van der Waals surface area contributed by atoms with Crippen molar-refractivity contribution >= 4 is 16.8 Å². The van der Waals surface area contributed by atoms with Crippen LogP contribution in [-0.2, 0) is 0 Å². The maximum atomic E-state index is 8.20. The SMILES string of the molecule is ON=C(Cl)c1ccnnc1. The number of aromatic nitrogens is 2. The van der Waals surface area contributed by atoms with E-state index in [1.54, 1.807) is 6.07 Å². The topological polar surface area (TPSA) is 58.4 Å². The molecule has 1 rings (SSSR count). The molecular formula is C5H4ClN3O. The highest BCUT2D eigenvalue weighted by Gasteiger charge is 1.97. The van der Waals surface area contributed by atoms with Gasteiger partial charge in [0.2, 0.25) is 0 Å². The number of oxime groups is 1. The molecule has 4 nitrogen and oxygen atoms in total. The molecule has 10 heavy (non-hydrogen) atoms. The van der Waals surface area contributed by atoms with Crippen LogP contribution >= 0.6 is 11.6 Å². The molecule has 1 aromatic heterocycles. The van der Waals surface area contributed by atoms with Crippen molar-refractivity contribution in [3.8, 4) is 0 Å². The molecule has 0 saturated heterocycles. The molecule has 5 heteroatoms. The number of halogens is 1. The summed E-state index contributed by atoms with van der Waals surface area (Å²) in [5, 5.41) is 18.0. The minimum absolute atomic E-state index is 0.00917. The summed E-state index contributed by atoms with van der Waals surface area (Å²) in [5.41, 5.74) is 0.541. The van der Waals surface area contributed by atoms with Crippen LogP contribution in [0.25, 0.3) is 0 Å². The zero-order chi connectivity index (χ0) is 7.40. The predicted molar refractivity (Wildman–Crippen MR) is 36.2 cm³/mol. The normalized spacial score (nSPS) is 11.5. The van der Waals surface area contributed by atoms with Crippen molar-refractivity contribution in [1.82, 2.24) is 10.2 Å². The second-order valence-electron chi connectivity index (χ2n) is 1.52. The Morgan fingerprint density at radius 2 is 2.40 bits per heavy atom. The van der Waals surface area contributed by atoms with Gasteiger partial charge >= 0.3 is 0 Å². The number of nitrogens with zero attached hydrogens (tertiary/aromatic N) is 3. The largest absolute Gasteiger partial charge is 0.410 e. The summed E-state index contributed by atoms with van der Waals surface area (Å²) in [6, 6.07) is 1.59. The molecule has 0 bridgehead atoms. The molecule has 0 radical (unpaired) electrons. The molecule has 1 heterocycles. The summed E-state index contributed by atoms with van der Waals surface area (Å²) < 4.78 is 0. The van der Waals surface area contributed by atoms with E-state index in [0.29, 0.717) is 5.56 Å². The van der Waals surface area contributed by atoms with Crippen LogP contribution in [0.3, 0.4) is 0 Å². The van der Waals surface area contributed by atoms with Crippen molar-refractivity contribution in [2.24, 2.45) is 5.16 Å². The third-order valence-electron chi connectivity index (χ3n) is 0.910. The quantitative estimate of drug-likeness (QED) is 0.374. The molecule has 1 N–H and O–H groups in total. The van der Waals surface area contributed by atoms with E-state index in [9.17, 15) is 0 Å². The van der Waals surface area contributed by atoms with Crippen LogP contribution in [0, 0.1) is 0 Å². The van der Waals surface area contributed by atoms with Gasteiger partial charge in [-0.25, -0.2) is 0 Å². The van der Waals surface area contributed by atoms with Gasteiger partial charge in [0.25, 0.3) is 0 Å². The zero-order valence-corrected chi connectivity index (χ0v) is 5.65. The zero-order valence-electron chi connectivity index (χ0n) is 4.90. The summed E-state index contributed by atoms with van der Waals surface area (Å²) in [7, 11) is 0. The summed E-state index contributed by atoms with van der Waals surface area (Å²) in [5.74, 6) is 0. The van der Waals surface area contributed by atoms with Crippen LogP contribution in [0.2, 0.25) is 0 Å². The second kappa shape index (κ2) is 3.12. The molecule has 52 valence electrons. The van der Waals surface area contributed by atoms with Crippen LogP contribution < -0.4 is 0 Å². The lowest BCUT2D eigenvalue weighted by atomic mass is 10.3. The molecule has 0 fully saturated rings. The predicted octanol–water partition coefficient (Wildman–Crippen LogP) is 0.851. The Hall–Kier alpha value is -1.16. The highest BCUT2D eigenvalue weighted by Crippen LogP contribution is 1.99. The van der Waals surface area contributed by atoms with Crippen LogP contribution in [0.1, 0.15) is 5.56 Å². The van der Waals surface area contributed by atoms with Gasteiger partial charge in [-0.05, 0) is 6.07 Å². The Morgan fingerprint density at radius 1 is 1.60 bits per heavy atom. The lowest BCUT2D eigenvalue weighted by Gasteiger charge is -1.90. The van der Waals surface area contributed by atoms with Crippen molar-refractivity contribution < 1.29 is 5.21 Å². The number of rotatable bonds is 1. The molecule has 0 aliphatic heterocycles. The highest BCUT2D eigenvalue weighted by molar-refractivity contribution is 6.69. The Kier molecular flexibility index (Phi) is 2.17. The monoisotopic (exact) mass is 157 g/mol. The van der Waals surface area contributed by atoms with E-state index in [0.717, 1.165) is 0 Å². The van der Waals surface area contributed by atoms with Gasteiger partial charge in [-0.3, -0.25) is 0 Å². The molecule has 0 amide bonds. The third-order valence-corrected chi connectivity index (χ3v) is 1.20. The van der Waals surface area contributed by atoms with Crippen molar-refractivity contribution in [2.45, 2.75) is 0 Å². The van der Waals surface area contributed by atoms with Crippen molar-refractivity contribution in [2.75, 3.05) is 0 Å². The molecule has 0 aliphatic carbocycles. The van der Waals surface area contributed by atoms with E-state index in [2.05, 4.69) is 15.4 Å². The van der Waals surface area contributed by atoms with Crippen molar-refractivity contribution in [3.63, 3.8) is 0 Å². The lowest BCUT2D eigenvalue weighted by molar-refractivity contribution is 0.321. The van der Waals surface area contributed by atoms with E-state index in [4.69, 9.17) is 16.8 Å². The summed E-state index contributed by atoms with van der Waals surface area (Å²) in [4.78, 5) is 0. The summed E-state index contributed by atoms with van der Waals surface area (Å²) in [6.07, 6.45) is 2.87. The third kappa shape index (κ3) is 1.41. The van der Waals surface area contributed by atoms with E-state index in [1.807, 2.05) is 0 Å². The van der Waals surface area contributed by atoms with Crippen LogP contribution in [0.5, 0.6) is 0 Å². The van der Waals surface area contributed by atoms with Crippen LogP contribution in [0.15, 0.2) is 23.6 Å². The van der Waals surface area contributed by atoms with Gasteiger partial charge in [0.05, 0.1) is 12.4 Å². The van der Waals surface area contributed by atoms with E-state index in [-0.39, 0.29) is 5.17 Å².